The highest BCUT2D eigenvalue weighted by Crippen LogP contribution is 2.21. The lowest BCUT2D eigenvalue weighted by atomic mass is 10.0. The van der Waals surface area contributed by atoms with Gasteiger partial charge in [0.15, 0.2) is 0 Å². The first-order valence-corrected chi connectivity index (χ1v) is 7.09. The Labute approximate surface area is 123 Å². The first-order chi connectivity index (χ1) is 8.69. The van der Waals surface area contributed by atoms with Crippen LogP contribution in [0.15, 0.2) is 51.5 Å². The standard InChI is InChI=1S/C13H13Br2N3/c14-10-3-1-2-9(6-10)13(18-16)7-12-5-4-11(15)8-17-12/h1-6,8,13,18H,7,16H2. The number of pyridine rings is 1. The summed E-state index contributed by atoms with van der Waals surface area (Å²) in [7, 11) is 0. The van der Waals surface area contributed by atoms with Crippen molar-refractivity contribution >= 4 is 31.9 Å². The maximum Gasteiger partial charge on any atom is 0.0515 e. The Balaban J connectivity index is 2.17. The van der Waals surface area contributed by atoms with Crippen molar-refractivity contribution in [3.63, 3.8) is 0 Å². The fourth-order valence-electron chi connectivity index (χ4n) is 1.73. The molecule has 0 saturated carbocycles. The van der Waals surface area contributed by atoms with Crippen LogP contribution in [0, 0.1) is 0 Å². The van der Waals surface area contributed by atoms with E-state index >= 15 is 0 Å². The first kappa shape index (κ1) is 13.7. The fourth-order valence-corrected chi connectivity index (χ4v) is 2.38. The number of hydrazine groups is 1. The summed E-state index contributed by atoms with van der Waals surface area (Å²) in [6.45, 7) is 0. The average molecular weight is 371 g/mol. The minimum atomic E-state index is 0.0520. The minimum absolute atomic E-state index is 0.0520. The molecule has 5 heteroatoms. The monoisotopic (exact) mass is 369 g/mol. The van der Waals surface area contributed by atoms with Gasteiger partial charge in [0.25, 0.3) is 0 Å². The van der Waals surface area contributed by atoms with Gasteiger partial charge in [-0.2, -0.15) is 0 Å². The van der Waals surface area contributed by atoms with Gasteiger partial charge >= 0.3 is 0 Å². The number of rotatable bonds is 4. The van der Waals surface area contributed by atoms with Crippen LogP contribution in [0.5, 0.6) is 0 Å². The highest BCUT2D eigenvalue weighted by molar-refractivity contribution is 9.10. The van der Waals surface area contributed by atoms with Gasteiger partial charge in [-0.25, -0.2) is 0 Å². The molecule has 0 aliphatic carbocycles. The van der Waals surface area contributed by atoms with Crippen molar-refractivity contribution in [3.05, 3.63) is 62.8 Å². The molecule has 0 fully saturated rings. The third kappa shape index (κ3) is 3.62. The van der Waals surface area contributed by atoms with Gasteiger partial charge in [0.1, 0.15) is 0 Å². The second kappa shape index (κ2) is 6.43. The summed E-state index contributed by atoms with van der Waals surface area (Å²) >= 11 is 6.84. The lowest BCUT2D eigenvalue weighted by Gasteiger charge is -2.16. The van der Waals surface area contributed by atoms with Crippen LogP contribution in [0.1, 0.15) is 17.3 Å². The summed E-state index contributed by atoms with van der Waals surface area (Å²) in [6, 6.07) is 12.1. The van der Waals surface area contributed by atoms with Gasteiger partial charge in [0.05, 0.1) is 6.04 Å². The van der Waals surface area contributed by atoms with E-state index in [2.05, 4.69) is 48.3 Å². The van der Waals surface area contributed by atoms with Gasteiger partial charge in [-0.1, -0.05) is 28.1 Å². The van der Waals surface area contributed by atoms with Crippen LogP contribution < -0.4 is 11.3 Å². The molecule has 1 aromatic heterocycles. The Hall–Kier alpha value is -0.750. The molecule has 2 aromatic rings. The molecule has 0 saturated heterocycles. The van der Waals surface area contributed by atoms with Crippen LogP contribution in [0.25, 0.3) is 0 Å². The molecule has 94 valence electrons. The molecule has 0 aliphatic heterocycles. The molecule has 0 bridgehead atoms. The van der Waals surface area contributed by atoms with Crippen molar-refractivity contribution in [3.8, 4) is 0 Å². The number of nitrogens with one attached hydrogen (secondary N) is 1. The van der Waals surface area contributed by atoms with Crippen LogP contribution >= 0.6 is 31.9 Å². The second-order valence-corrected chi connectivity index (χ2v) is 5.78. The Morgan fingerprint density at radius 2 is 2.00 bits per heavy atom. The molecule has 1 heterocycles. The summed E-state index contributed by atoms with van der Waals surface area (Å²) in [4.78, 5) is 4.36. The molecule has 3 N–H and O–H groups in total. The van der Waals surface area contributed by atoms with Crippen molar-refractivity contribution in [2.45, 2.75) is 12.5 Å². The molecule has 2 rings (SSSR count). The van der Waals surface area contributed by atoms with Crippen molar-refractivity contribution in [1.29, 1.82) is 0 Å². The van der Waals surface area contributed by atoms with E-state index in [4.69, 9.17) is 5.84 Å². The zero-order valence-electron chi connectivity index (χ0n) is 9.61. The van der Waals surface area contributed by atoms with E-state index in [0.29, 0.717) is 0 Å². The van der Waals surface area contributed by atoms with E-state index in [-0.39, 0.29) is 6.04 Å². The quantitative estimate of drug-likeness (QED) is 0.640. The molecule has 1 unspecified atom stereocenters. The maximum absolute atomic E-state index is 5.63. The van der Waals surface area contributed by atoms with Crippen molar-refractivity contribution < 1.29 is 0 Å². The molecule has 1 atom stereocenters. The predicted molar refractivity (Wildman–Crippen MR) is 79.8 cm³/mol. The Morgan fingerprint density at radius 1 is 1.17 bits per heavy atom. The van der Waals surface area contributed by atoms with E-state index in [1.807, 2.05) is 30.3 Å². The van der Waals surface area contributed by atoms with Crippen molar-refractivity contribution in [2.75, 3.05) is 0 Å². The second-order valence-electron chi connectivity index (χ2n) is 3.95. The molecular weight excluding hydrogens is 358 g/mol. The number of halogens is 2. The molecule has 1 aromatic carbocycles. The number of aromatic nitrogens is 1. The summed E-state index contributed by atoms with van der Waals surface area (Å²) in [6.07, 6.45) is 2.55. The van der Waals surface area contributed by atoms with Gasteiger partial charge in [0.2, 0.25) is 0 Å². The Bertz CT molecular complexity index is 514. The van der Waals surface area contributed by atoms with Gasteiger partial charge in [-0.15, -0.1) is 0 Å². The summed E-state index contributed by atoms with van der Waals surface area (Å²) < 4.78 is 2.02. The van der Waals surface area contributed by atoms with Crippen LogP contribution in [-0.4, -0.2) is 4.98 Å². The molecule has 3 nitrogen and oxygen atoms in total. The van der Waals surface area contributed by atoms with E-state index in [0.717, 1.165) is 26.6 Å². The zero-order chi connectivity index (χ0) is 13.0. The van der Waals surface area contributed by atoms with Gasteiger partial charge < -0.3 is 0 Å². The van der Waals surface area contributed by atoms with Gasteiger partial charge in [0, 0.05) is 27.3 Å². The van der Waals surface area contributed by atoms with E-state index in [9.17, 15) is 0 Å². The van der Waals surface area contributed by atoms with Crippen molar-refractivity contribution in [1.82, 2.24) is 10.4 Å². The van der Waals surface area contributed by atoms with Gasteiger partial charge in [-0.05, 0) is 45.8 Å². The van der Waals surface area contributed by atoms with E-state index < -0.39 is 0 Å². The van der Waals surface area contributed by atoms with E-state index in [1.165, 1.54) is 0 Å². The summed E-state index contributed by atoms with van der Waals surface area (Å²) in [5.74, 6) is 5.63. The highest BCUT2D eigenvalue weighted by atomic mass is 79.9. The lowest BCUT2D eigenvalue weighted by Crippen LogP contribution is -2.29. The van der Waals surface area contributed by atoms with Crippen LogP contribution in [0.2, 0.25) is 0 Å². The van der Waals surface area contributed by atoms with Crippen LogP contribution in [-0.2, 0) is 6.42 Å². The fraction of sp³-hybridized carbons (Fsp3) is 0.154. The first-order valence-electron chi connectivity index (χ1n) is 5.51. The Morgan fingerprint density at radius 3 is 2.61 bits per heavy atom. The zero-order valence-corrected chi connectivity index (χ0v) is 12.8. The third-order valence-corrected chi connectivity index (χ3v) is 3.62. The SMILES string of the molecule is NNC(Cc1ccc(Br)cn1)c1cccc(Br)c1. The normalized spacial score (nSPS) is 12.4. The summed E-state index contributed by atoms with van der Waals surface area (Å²) in [5, 5.41) is 0. The number of nitrogens with two attached hydrogens (primary N) is 1. The molecule has 0 amide bonds. The average Bonchev–Trinajstić information content (AvgIpc) is 2.38. The number of hydrogen-bond donors (Lipinski definition) is 2. The number of benzene rings is 1. The maximum atomic E-state index is 5.63. The largest absolute Gasteiger partial charge is 0.271 e. The van der Waals surface area contributed by atoms with Crippen molar-refractivity contribution in [2.24, 2.45) is 5.84 Å². The predicted octanol–water partition coefficient (Wildman–Crippen LogP) is 3.35. The lowest BCUT2D eigenvalue weighted by molar-refractivity contribution is 0.545. The topological polar surface area (TPSA) is 50.9 Å². The molecular formula is C13H13Br2N3. The minimum Gasteiger partial charge on any atom is -0.271 e. The number of hydrogen-bond acceptors (Lipinski definition) is 3. The smallest absolute Gasteiger partial charge is 0.0515 e. The highest BCUT2D eigenvalue weighted by Gasteiger charge is 2.11. The van der Waals surface area contributed by atoms with Gasteiger partial charge in [-0.3, -0.25) is 16.3 Å². The number of nitrogens with zero attached hydrogens (tertiary/aromatic N) is 1. The summed E-state index contributed by atoms with van der Waals surface area (Å²) in [5.41, 5.74) is 4.97. The molecule has 0 radical (unpaired) electrons. The van der Waals surface area contributed by atoms with Crippen LogP contribution in [0.4, 0.5) is 0 Å². The molecule has 0 spiro atoms. The Kier molecular flexibility index (Phi) is 4.88. The van der Waals surface area contributed by atoms with Crippen LogP contribution in [0.3, 0.4) is 0 Å². The molecule has 18 heavy (non-hydrogen) atoms. The van der Waals surface area contributed by atoms with E-state index in [1.54, 1.807) is 6.20 Å². The third-order valence-electron chi connectivity index (χ3n) is 2.65. The molecule has 0 aliphatic rings.